The fourth-order valence-electron chi connectivity index (χ4n) is 2.95. The second-order valence-electron chi connectivity index (χ2n) is 5.65. The molecule has 1 N–H and O–H groups in total. The molecule has 0 aromatic rings. The number of fused-ring (bicyclic) bond motifs is 2. The van der Waals surface area contributed by atoms with Crippen LogP contribution in [-0.2, 0) is 9.53 Å². The molecule has 1 amide bonds. The first kappa shape index (κ1) is 12.8. The zero-order valence-corrected chi connectivity index (χ0v) is 10.9. The van der Waals surface area contributed by atoms with Crippen LogP contribution >= 0.6 is 0 Å². The van der Waals surface area contributed by atoms with Gasteiger partial charge in [0.2, 0.25) is 5.91 Å². The number of rotatable bonds is 4. The third-order valence-corrected chi connectivity index (χ3v) is 3.79. The molecule has 0 aliphatic carbocycles. The number of carbonyl (C=O) groups excluding carboxylic acids is 1. The molecule has 0 saturated carbocycles. The highest BCUT2D eigenvalue weighted by atomic mass is 16.5. The lowest BCUT2D eigenvalue weighted by molar-refractivity contribution is -0.140. The summed E-state index contributed by atoms with van der Waals surface area (Å²) < 4.78 is 5.73. The third kappa shape index (κ3) is 2.63. The standard InChI is InChI=1S/C13H23NO3/c1-8(2)14(7-9(3)15)13(16)11-6-10-4-5-12(11)17-10/h8-12,15H,4-7H2,1-3H3. The number of hydrogen-bond acceptors (Lipinski definition) is 3. The number of nitrogens with zero attached hydrogens (tertiary/aromatic N) is 1. The van der Waals surface area contributed by atoms with E-state index in [1.807, 2.05) is 13.8 Å². The summed E-state index contributed by atoms with van der Waals surface area (Å²) in [5, 5.41) is 9.47. The van der Waals surface area contributed by atoms with E-state index in [4.69, 9.17) is 4.74 Å². The van der Waals surface area contributed by atoms with E-state index in [0.29, 0.717) is 12.6 Å². The molecule has 98 valence electrons. The number of aliphatic hydroxyl groups is 1. The number of carbonyl (C=O) groups is 1. The highest BCUT2D eigenvalue weighted by molar-refractivity contribution is 5.80. The van der Waals surface area contributed by atoms with Crippen LogP contribution in [0, 0.1) is 5.92 Å². The molecule has 2 heterocycles. The van der Waals surface area contributed by atoms with Crippen LogP contribution in [-0.4, -0.2) is 46.8 Å². The Morgan fingerprint density at radius 3 is 2.53 bits per heavy atom. The van der Waals surface area contributed by atoms with Gasteiger partial charge in [0.05, 0.1) is 24.2 Å². The van der Waals surface area contributed by atoms with Crippen LogP contribution in [0.2, 0.25) is 0 Å². The monoisotopic (exact) mass is 241 g/mol. The number of hydrogen-bond donors (Lipinski definition) is 1. The van der Waals surface area contributed by atoms with Crippen molar-refractivity contribution in [1.82, 2.24) is 4.90 Å². The van der Waals surface area contributed by atoms with Crippen molar-refractivity contribution >= 4 is 5.91 Å². The molecule has 4 heteroatoms. The van der Waals surface area contributed by atoms with Crippen LogP contribution in [0.5, 0.6) is 0 Å². The Balaban J connectivity index is 2.01. The summed E-state index contributed by atoms with van der Waals surface area (Å²) in [5.74, 6) is 0.183. The van der Waals surface area contributed by atoms with Gasteiger partial charge < -0.3 is 14.7 Å². The average molecular weight is 241 g/mol. The van der Waals surface area contributed by atoms with E-state index < -0.39 is 6.10 Å². The van der Waals surface area contributed by atoms with Crippen LogP contribution in [0.15, 0.2) is 0 Å². The predicted molar refractivity (Wildman–Crippen MR) is 64.5 cm³/mol. The van der Waals surface area contributed by atoms with Crippen molar-refractivity contribution in [1.29, 1.82) is 0 Å². The van der Waals surface area contributed by atoms with Gasteiger partial charge >= 0.3 is 0 Å². The van der Waals surface area contributed by atoms with Gasteiger partial charge in [-0.1, -0.05) is 0 Å². The van der Waals surface area contributed by atoms with Crippen LogP contribution in [0.25, 0.3) is 0 Å². The van der Waals surface area contributed by atoms with Crippen LogP contribution < -0.4 is 0 Å². The number of ether oxygens (including phenoxy) is 1. The highest BCUT2D eigenvalue weighted by Gasteiger charge is 2.46. The highest BCUT2D eigenvalue weighted by Crippen LogP contribution is 2.39. The first-order chi connectivity index (χ1) is 7.99. The Hall–Kier alpha value is -0.610. The normalized spacial score (nSPS) is 33.1. The second-order valence-corrected chi connectivity index (χ2v) is 5.65. The Morgan fingerprint density at radius 1 is 1.41 bits per heavy atom. The first-order valence-corrected chi connectivity index (χ1v) is 6.63. The van der Waals surface area contributed by atoms with E-state index in [-0.39, 0.29) is 24.0 Å². The van der Waals surface area contributed by atoms with Gasteiger partial charge in [0, 0.05) is 12.6 Å². The Bertz CT molecular complexity index is 290. The van der Waals surface area contributed by atoms with Crippen molar-refractivity contribution in [2.24, 2.45) is 5.92 Å². The molecule has 4 atom stereocenters. The lowest BCUT2D eigenvalue weighted by atomic mass is 9.88. The zero-order chi connectivity index (χ0) is 12.6. The maximum Gasteiger partial charge on any atom is 0.228 e. The Morgan fingerprint density at radius 2 is 2.12 bits per heavy atom. The van der Waals surface area contributed by atoms with Crippen molar-refractivity contribution in [3.8, 4) is 0 Å². The number of aliphatic hydroxyl groups excluding tert-OH is 1. The van der Waals surface area contributed by atoms with Crippen LogP contribution in [0.3, 0.4) is 0 Å². The molecule has 4 nitrogen and oxygen atoms in total. The molecule has 2 fully saturated rings. The van der Waals surface area contributed by atoms with E-state index in [9.17, 15) is 9.90 Å². The minimum atomic E-state index is -0.471. The van der Waals surface area contributed by atoms with Crippen molar-refractivity contribution in [3.63, 3.8) is 0 Å². The summed E-state index contributed by atoms with van der Waals surface area (Å²) >= 11 is 0. The lowest BCUT2D eigenvalue weighted by Gasteiger charge is -2.32. The molecule has 0 spiro atoms. The van der Waals surface area contributed by atoms with Gasteiger partial charge in [0.25, 0.3) is 0 Å². The lowest BCUT2D eigenvalue weighted by Crippen LogP contribution is -2.46. The minimum Gasteiger partial charge on any atom is -0.392 e. The molecule has 0 radical (unpaired) electrons. The summed E-state index contributed by atoms with van der Waals surface area (Å²) in [6, 6.07) is 0.135. The molecular formula is C13H23NO3. The molecule has 17 heavy (non-hydrogen) atoms. The largest absolute Gasteiger partial charge is 0.392 e. The topological polar surface area (TPSA) is 49.8 Å². The fourth-order valence-corrected chi connectivity index (χ4v) is 2.95. The van der Waals surface area contributed by atoms with Gasteiger partial charge in [-0.3, -0.25) is 4.79 Å². The molecule has 0 aromatic heterocycles. The van der Waals surface area contributed by atoms with E-state index in [2.05, 4.69) is 0 Å². The SMILES string of the molecule is CC(O)CN(C(=O)C1CC2CCC1O2)C(C)C. The van der Waals surface area contributed by atoms with Crippen molar-refractivity contribution in [3.05, 3.63) is 0 Å². The van der Waals surface area contributed by atoms with Crippen molar-refractivity contribution in [2.45, 2.75) is 64.4 Å². The average Bonchev–Trinajstić information content (AvgIpc) is 2.85. The van der Waals surface area contributed by atoms with Crippen molar-refractivity contribution in [2.75, 3.05) is 6.54 Å². The minimum absolute atomic E-state index is 0.0231. The molecular weight excluding hydrogens is 218 g/mol. The fraction of sp³-hybridized carbons (Fsp3) is 0.923. The maximum absolute atomic E-state index is 12.4. The molecule has 0 aromatic carbocycles. The molecule has 4 unspecified atom stereocenters. The van der Waals surface area contributed by atoms with Gasteiger partial charge in [-0.2, -0.15) is 0 Å². The summed E-state index contributed by atoms with van der Waals surface area (Å²) in [4.78, 5) is 14.2. The van der Waals surface area contributed by atoms with Crippen LogP contribution in [0.4, 0.5) is 0 Å². The summed E-state index contributed by atoms with van der Waals surface area (Å²) in [6.45, 7) is 6.13. The Labute approximate surface area is 103 Å². The molecule has 2 bridgehead atoms. The van der Waals surface area contributed by atoms with E-state index in [0.717, 1.165) is 19.3 Å². The molecule has 2 aliphatic rings. The number of amides is 1. The third-order valence-electron chi connectivity index (χ3n) is 3.79. The summed E-state index contributed by atoms with van der Waals surface area (Å²) in [7, 11) is 0. The molecule has 2 aliphatic heterocycles. The van der Waals surface area contributed by atoms with Crippen molar-refractivity contribution < 1.29 is 14.6 Å². The Kier molecular flexibility index (Phi) is 3.73. The van der Waals surface area contributed by atoms with Crippen LogP contribution in [0.1, 0.15) is 40.0 Å². The van der Waals surface area contributed by atoms with Gasteiger partial charge in [-0.15, -0.1) is 0 Å². The van der Waals surface area contributed by atoms with E-state index in [1.165, 1.54) is 0 Å². The summed E-state index contributed by atoms with van der Waals surface area (Å²) in [5.41, 5.74) is 0. The van der Waals surface area contributed by atoms with Gasteiger partial charge in [0.1, 0.15) is 0 Å². The van der Waals surface area contributed by atoms with Gasteiger partial charge in [-0.05, 0) is 40.0 Å². The molecule has 2 saturated heterocycles. The predicted octanol–water partition coefficient (Wildman–Crippen LogP) is 1.17. The molecule has 2 rings (SSSR count). The first-order valence-electron chi connectivity index (χ1n) is 6.63. The summed E-state index contributed by atoms with van der Waals surface area (Å²) in [6.07, 6.45) is 2.94. The van der Waals surface area contributed by atoms with E-state index >= 15 is 0 Å². The second kappa shape index (κ2) is 4.94. The van der Waals surface area contributed by atoms with Gasteiger partial charge in [0.15, 0.2) is 0 Å². The van der Waals surface area contributed by atoms with E-state index in [1.54, 1.807) is 11.8 Å². The quantitative estimate of drug-likeness (QED) is 0.804. The maximum atomic E-state index is 12.4. The van der Waals surface area contributed by atoms with Gasteiger partial charge in [-0.25, -0.2) is 0 Å². The zero-order valence-electron chi connectivity index (χ0n) is 10.9. The smallest absolute Gasteiger partial charge is 0.228 e.